The minimum absolute atomic E-state index is 0.278. The number of hydrogen-bond acceptors (Lipinski definition) is 4. The van der Waals surface area contributed by atoms with Crippen LogP contribution in [0.4, 0.5) is 5.69 Å². The van der Waals surface area contributed by atoms with Crippen LogP contribution in [0.5, 0.6) is 0 Å². The number of anilines is 1. The number of nitrogens with zero attached hydrogens (tertiary/aromatic N) is 2. The van der Waals surface area contributed by atoms with Crippen LogP contribution >= 0.6 is 11.3 Å². The van der Waals surface area contributed by atoms with Gasteiger partial charge < -0.3 is 10.0 Å². The van der Waals surface area contributed by atoms with Crippen molar-refractivity contribution in [2.75, 3.05) is 18.0 Å². The predicted octanol–water partition coefficient (Wildman–Crippen LogP) is 8.49. The standard InChI is InChI=1S/C32H34N2O2S/c1-3-5-21-34(22-6-4-2)29-15-11-26(12-16-29)14-18-31-20-19-30(37-31)17-13-25-7-9-27(10-8-25)23-28(24-33)32(35)36/h7-20,23H,3-6,21-22H2,1-2H3,(H,35,36)/b17-13+,18-14+,28-23-. The van der Waals surface area contributed by atoms with Gasteiger partial charge in [0, 0.05) is 28.5 Å². The molecular formula is C32H34N2O2S. The van der Waals surface area contributed by atoms with Crippen LogP contribution in [0.1, 0.15) is 66.0 Å². The summed E-state index contributed by atoms with van der Waals surface area (Å²) in [5.41, 5.74) is 3.90. The van der Waals surface area contributed by atoms with E-state index in [-0.39, 0.29) is 5.57 Å². The van der Waals surface area contributed by atoms with Crippen molar-refractivity contribution in [2.45, 2.75) is 39.5 Å². The normalized spacial score (nSPS) is 11.8. The summed E-state index contributed by atoms with van der Waals surface area (Å²) in [5.74, 6) is -1.22. The van der Waals surface area contributed by atoms with E-state index >= 15 is 0 Å². The largest absolute Gasteiger partial charge is 0.477 e. The number of carbonyl (C=O) groups is 1. The number of rotatable bonds is 13. The Hall–Kier alpha value is -3.88. The molecule has 0 spiro atoms. The van der Waals surface area contributed by atoms with Gasteiger partial charge in [-0.05, 0) is 72.0 Å². The second-order valence-corrected chi connectivity index (χ2v) is 9.98. The van der Waals surface area contributed by atoms with E-state index in [9.17, 15) is 4.79 Å². The van der Waals surface area contributed by atoms with Crippen LogP contribution in [-0.2, 0) is 4.79 Å². The third kappa shape index (κ3) is 8.93. The molecule has 4 nitrogen and oxygen atoms in total. The van der Waals surface area contributed by atoms with Gasteiger partial charge in [0.05, 0.1) is 0 Å². The smallest absolute Gasteiger partial charge is 0.346 e. The molecule has 2 aromatic carbocycles. The Morgan fingerprint density at radius 3 is 1.76 bits per heavy atom. The molecule has 1 N–H and O–H groups in total. The molecule has 0 aliphatic heterocycles. The van der Waals surface area contributed by atoms with Gasteiger partial charge in [0.15, 0.2) is 0 Å². The fourth-order valence-corrected chi connectivity index (χ4v) is 4.60. The van der Waals surface area contributed by atoms with Gasteiger partial charge in [-0.15, -0.1) is 11.3 Å². The van der Waals surface area contributed by atoms with E-state index in [0.717, 1.165) is 23.5 Å². The summed E-state index contributed by atoms with van der Waals surface area (Å²) in [6.07, 6.45) is 14.6. The molecule has 0 unspecified atom stereocenters. The van der Waals surface area contributed by atoms with Crippen LogP contribution in [0, 0.1) is 11.3 Å². The molecule has 0 radical (unpaired) electrons. The molecule has 3 aromatic rings. The minimum atomic E-state index is -1.22. The van der Waals surface area contributed by atoms with Crippen molar-refractivity contribution in [3.8, 4) is 6.07 Å². The molecule has 0 amide bonds. The van der Waals surface area contributed by atoms with Crippen molar-refractivity contribution in [1.29, 1.82) is 5.26 Å². The highest BCUT2D eigenvalue weighted by atomic mass is 32.1. The summed E-state index contributed by atoms with van der Waals surface area (Å²) in [5, 5.41) is 17.9. The second-order valence-electron chi connectivity index (χ2n) is 8.83. The van der Waals surface area contributed by atoms with Crippen LogP contribution < -0.4 is 4.90 Å². The summed E-state index contributed by atoms with van der Waals surface area (Å²) in [4.78, 5) is 15.8. The van der Waals surface area contributed by atoms with Crippen molar-refractivity contribution in [3.63, 3.8) is 0 Å². The zero-order valence-corrected chi connectivity index (χ0v) is 22.4. The Bertz CT molecular complexity index is 1270. The summed E-state index contributed by atoms with van der Waals surface area (Å²) < 4.78 is 0. The maximum Gasteiger partial charge on any atom is 0.346 e. The number of hydrogen-bond donors (Lipinski definition) is 1. The van der Waals surface area contributed by atoms with E-state index in [1.807, 2.05) is 18.2 Å². The molecule has 190 valence electrons. The molecule has 0 aliphatic rings. The lowest BCUT2D eigenvalue weighted by atomic mass is 10.1. The third-order valence-corrected chi connectivity index (χ3v) is 6.96. The number of carboxylic acid groups (broad SMARTS) is 1. The average Bonchev–Trinajstić information content (AvgIpc) is 3.38. The van der Waals surface area contributed by atoms with Gasteiger partial charge in [-0.3, -0.25) is 0 Å². The van der Waals surface area contributed by atoms with E-state index in [4.69, 9.17) is 10.4 Å². The average molecular weight is 511 g/mol. The fourth-order valence-electron chi connectivity index (χ4n) is 3.78. The Kier molecular flexibility index (Phi) is 10.9. The summed E-state index contributed by atoms with van der Waals surface area (Å²) in [6.45, 7) is 6.72. The highest BCUT2D eigenvalue weighted by Gasteiger charge is 2.06. The van der Waals surface area contributed by atoms with E-state index in [2.05, 4.69) is 73.4 Å². The summed E-state index contributed by atoms with van der Waals surface area (Å²) >= 11 is 1.72. The summed E-state index contributed by atoms with van der Waals surface area (Å²) in [6, 6.07) is 22.2. The number of unbranched alkanes of at least 4 members (excludes halogenated alkanes) is 2. The lowest BCUT2D eigenvalue weighted by molar-refractivity contribution is -0.132. The third-order valence-electron chi connectivity index (χ3n) is 5.95. The molecule has 0 fully saturated rings. The molecule has 0 atom stereocenters. The van der Waals surface area contributed by atoms with E-state index in [1.54, 1.807) is 29.5 Å². The number of thiophene rings is 1. The first-order chi connectivity index (χ1) is 18.0. The van der Waals surface area contributed by atoms with Crippen molar-refractivity contribution in [3.05, 3.63) is 92.7 Å². The predicted molar refractivity (Wildman–Crippen MR) is 158 cm³/mol. The lowest BCUT2D eigenvalue weighted by Crippen LogP contribution is -2.25. The van der Waals surface area contributed by atoms with Gasteiger partial charge in [0.25, 0.3) is 0 Å². The first-order valence-corrected chi connectivity index (χ1v) is 13.6. The van der Waals surface area contributed by atoms with Crippen molar-refractivity contribution < 1.29 is 9.90 Å². The molecule has 0 bridgehead atoms. The molecule has 0 aliphatic carbocycles. The van der Waals surface area contributed by atoms with Gasteiger partial charge in [-0.25, -0.2) is 4.79 Å². The van der Waals surface area contributed by atoms with Gasteiger partial charge in [-0.2, -0.15) is 5.26 Å². The zero-order chi connectivity index (χ0) is 26.5. The number of benzene rings is 2. The van der Waals surface area contributed by atoms with Crippen LogP contribution in [0.25, 0.3) is 30.4 Å². The Morgan fingerprint density at radius 1 is 0.811 bits per heavy atom. The van der Waals surface area contributed by atoms with Crippen LogP contribution in [0.2, 0.25) is 0 Å². The van der Waals surface area contributed by atoms with E-state index < -0.39 is 5.97 Å². The SMILES string of the molecule is CCCCN(CCCC)c1ccc(/C=C/c2ccc(/C=C/c3ccc(/C=C(/C#N)C(=O)O)cc3)s2)cc1. The summed E-state index contributed by atoms with van der Waals surface area (Å²) in [7, 11) is 0. The van der Waals surface area contributed by atoms with Gasteiger partial charge in [-0.1, -0.05) is 75.2 Å². The highest BCUT2D eigenvalue weighted by molar-refractivity contribution is 7.13. The Labute approximate surface area is 224 Å². The highest BCUT2D eigenvalue weighted by Crippen LogP contribution is 2.23. The van der Waals surface area contributed by atoms with Gasteiger partial charge >= 0.3 is 5.97 Å². The topological polar surface area (TPSA) is 64.3 Å². The Balaban J connectivity index is 1.60. The molecular weight excluding hydrogens is 476 g/mol. The van der Waals surface area contributed by atoms with Crippen molar-refractivity contribution in [2.24, 2.45) is 0 Å². The Morgan fingerprint density at radius 2 is 1.30 bits per heavy atom. The number of aliphatic carboxylic acids is 1. The zero-order valence-electron chi connectivity index (χ0n) is 21.6. The first kappa shape index (κ1) is 27.7. The monoisotopic (exact) mass is 510 g/mol. The van der Waals surface area contributed by atoms with E-state index in [1.165, 1.54) is 47.9 Å². The van der Waals surface area contributed by atoms with Gasteiger partial charge in [0.2, 0.25) is 0 Å². The molecule has 0 saturated carbocycles. The van der Waals surface area contributed by atoms with Gasteiger partial charge in [0.1, 0.15) is 11.6 Å². The fraction of sp³-hybridized carbons (Fsp3) is 0.250. The van der Waals surface area contributed by atoms with Crippen LogP contribution in [-0.4, -0.2) is 24.2 Å². The maximum absolute atomic E-state index is 11.0. The molecule has 1 heterocycles. The number of carboxylic acids is 1. The molecule has 3 rings (SSSR count). The molecule has 1 aromatic heterocycles. The quantitative estimate of drug-likeness (QED) is 0.185. The number of nitriles is 1. The van der Waals surface area contributed by atoms with Crippen molar-refractivity contribution in [1.82, 2.24) is 0 Å². The molecule has 0 saturated heterocycles. The lowest BCUT2D eigenvalue weighted by Gasteiger charge is -2.24. The maximum atomic E-state index is 11.0. The second kappa shape index (κ2) is 14.6. The van der Waals surface area contributed by atoms with Crippen LogP contribution in [0.3, 0.4) is 0 Å². The molecule has 5 heteroatoms. The first-order valence-electron chi connectivity index (χ1n) is 12.8. The van der Waals surface area contributed by atoms with Crippen LogP contribution in [0.15, 0.2) is 66.2 Å². The molecule has 37 heavy (non-hydrogen) atoms. The van der Waals surface area contributed by atoms with Crippen molar-refractivity contribution >= 4 is 53.4 Å². The minimum Gasteiger partial charge on any atom is -0.477 e. The van der Waals surface area contributed by atoms with E-state index in [0.29, 0.717) is 5.56 Å².